The quantitative estimate of drug-likeness (QED) is 0.446. The van der Waals surface area contributed by atoms with Crippen LogP contribution < -0.4 is 0 Å². The van der Waals surface area contributed by atoms with E-state index < -0.39 is 0 Å². The second kappa shape index (κ2) is 7.96. The fourth-order valence-corrected chi connectivity index (χ4v) is 7.73. The van der Waals surface area contributed by atoms with Crippen molar-refractivity contribution in [2.75, 3.05) is 0 Å². The third-order valence-electron chi connectivity index (χ3n) is 8.74. The molecular formula is C24H40. The van der Waals surface area contributed by atoms with E-state index in [1.165, 1.54) is 25.7 Å². The number of hydrogen-bond acceptors (Lipinski definition) is 0. The van der Waals surface area contributed by atoms with Crippen LogP contribution in [0, 0.1) is 41.4 Å². The summed E-state index contributed by atoms with van der Waals surface area (Å²) in [6, 6.07) is 0. The fourth-order valence-electron chi connectivity index (χ4n) is 7.73. The van der Waals surface area contributed by atoms with Crippen molar-refractivity contribution in [3.63, 3.8) is 0 Å². The lowest BCUT2D eigenvalue weighted by Gasteiger charge is -2.32. The summed E-state index contributed by atoms with van der Waals surface area (Å²) in [6.07, 6.45) is 25.1. The van der Waals surface area contributed by atoms with Gasteiger partial charge < -0.3 is 0 Å². The van der Waals surface area contributed by atoms with Gasteiger partial charge in [-0.2, -0.15) is 0 Å². The van der Waals surface area contributed by atoms with Gasteiger partial charge in [0.1, 0.15) is 0 Å². The molecule has 4 rings (SSSR count). The molecule has 0 heteroatoms. The Bertz CT molecular complexity index is 388. The van der Waals surface area contributed by atoms with E-state index in [1.54, 1.807) is 70.6 Å². The molecule has 4 saturated carbocycles. The van der Waals surface area contributed by atoms with Gasteiger partial charge in [-0.25, -0.2) is 0 Å². The first-order valence-corrected chi connectivity index (χ1v) is 11.5. The number of hydrogen-bond donors (Lipinski definition) is 0. The zero-order valence-electron chi connectivity index (χ0n) is 15.9. The largest absolute Gasteiger partial charge is 0.103 e. The summed E-state index contributed by atoms with van der Waals surface area (Å²) in [5.74, 6) is 7.82. The highest BCUT2D eigenvalue weighted by molar-refractivity contribution is 4.99. The zero-order chi connectivity index (χ0) is 16.4. The van der Waals surface area contributed by atoms with Crippen LogP contribution in [0.15, 0.2) is 12.7 Å². The first-order valence-electron chi connectivity index (χ1n) is 11.5. The Kier molecular flexibility index (Phi) is 5.70. The van der Waals surface area contributed by atoms with Crippen LogP contribution in [-0.4, -0.2) is 0 Å². The van der Waals surface area contributed by atoms with Crippen molar-refractivity contribution in [1.29, 1.82) is 0 Å². The molecule has 0 nitrogen and oxygen atoms in total. The molecule has 0 radical (unpaired) electrons. The van der Waals surface area contributed by atoms with Crippen LogP contribution in [0.1, 0.15) is 96.3 Å². The first-order chi connectivity index (χ1) is 11.9. The maximum atomic E-state index is 3.91. The van der Waals surface area contributed by atoms with E-state index in [0.717, 1.165) is 41.4 Å². The smallest absolute Gasteiger partial charge is 0.0351 e. The molecule has 0 spiro atoms. The third kappa shape index (κ3) is 3.49. The van der Waals surface area contributed by atoms with Crippen molar-refractivity contribution in [3.8, 4) is 0 Å². The summed E-state index contributed by atoms with van der Waals surface area (Å²) < 4.78 is 0. The van der Waals surface area contributed by atoms with Gasteiger partial charge in [0.25, 0.3) is 0 Å². The van der Waals surface area contributed by atoms with Crippen LogP contribution in [0.2, 0.25) is 0 Å². The van der Waals surface area contributed by atoms with Crippen molar-refractivity contribution >= 4 is 0 Å². The Balaban J connectivity index is 1.32. The summed E-state index contributed by atoms with van der Waals surface area (Å²) in [5, 5.41) is 0. The van der Waals surface area contributed by atoms with Gasteiger partial charge in [-0.1, -0.05) is 51.0 Å². The average Bonchev–Trinajstić information content (AvgIpc) is 3.21. The maximum absolute atomic E-state index is 3.91. The molecule has 0 N–H and O–H groups in total. The van der Waals surface area contributed by atoms with Crippen LogP contribution >= 0.6 is 0 Å². The van der Waals surface area contributed by atoms with Gasteiger partial charge in [-0.05, 0) is 92.8 Å². The third-order valence-corrected chi connectivity index (χ3v) is 8.74. The Morgan fingerprint density at radius 3 is 1.75 bits per heavy atom. The first kappa shape index (κ1) is 17.2. The van der Waals surface area contributed by atoms with Crippen LogP contribution in [0.3, 0.4) is 0 Å². The normalized spacial score (nSPS) is 44.9. The van der Waals surface area contributed by atoms with Crippen LogP contribution in [0.4, 0.5) is 0 Å². The molecule has 0 aromatic rings. The lowest BCUT2D eigenvalue weighted by Crippen LogP contribution is -2.22. The highest BCUT2D eigenvalue weighted by Crippen LogP contribution is 2.58. The van der Waals surface area contributed by atoms with Gasteiger partial charge in [0.2, 0.25) is 0 Å². The van der Waals surface area contributed by atoms with E-state index in [1.807, 2.05) is 0 Å². The molecule has 136 valence electrons. The zero-order valence-corrected chi connectivity index (χ0v) is 15.9. The summed E-state index contributed by atoms with van der Waals surface area (Å²) in [6.45, 7) is 3.91. The molecule has 0 aromatic carbocycles. The van der Waals surface area contributed by atoms with E-state index in [9.17, 15) is 0 Å². The molecule has 0 aromatic heterocycles. The van der Waals surface area contributed by atoms with Crippen molar-refractivity contribution < 1.29 is 0 Å². The standard InChI is InChI=1S/C24H40/c1-2-3-8-18-13-14-19(17-18)15-16-24-22-11-6-4-9-20(22)21-10-5-7-12-23(21)24/h2,18-24H,1,3-17H2. The van der Waals surface area contributed by atoms with Crippen molar-refractivity contribution in [1.82, 2.24) is 0 Å². The SMILES string of the molecule is C=CCCC1CCC(CCC2C3CCCCC3C3CCCCC32)C1. The minimum Gasteiger partial charge on any atom is -0.103 e. The average molecular weight is 329 g/mol. The highest BCUT2D eigenvalue weighted by atomic mass is 14.6. The number of rotatable bonds is 6. The fraction of sp³-hybridized carbons (Fsp3) is 0.917. The molecule has 4 fully saturated rings. The molecule has 4 aliphatic rings. The van der Waals surface area contributed by atoms with Crippen molar-refractivity contribution in [2.45, 2.75) is 96.3 Å². The number of fused-ring (bicyclic) bond motifs is 3. The molecule has 0 aliphatic heterocycles. The summed E-state index contributed by atoms with van der Waals surface area (Å²) >= 11 is 0. The summed E-state index contributed by atoms with van der Waals surface area (Å²) in [4.78, 5) is 0. The Morgan fingerprint density at radius 2 is 1.17 bits per heavy atom. The van der Waals surface area contributed by atoms with E-state index >= 15 is 0 Å². The molecule has 0 saturated heterocycles. The molecule has 6 unspecified atom stereocenters. The van der Waals surface area contributed by atoms with E-state index in [-0.39, 0.29) is 0 Å². The lowest BCUT2D eigenvalue weighted by molar-refractivity contribution is 0.184. The molecule has 0 heterocycles. The van der Waals surface area contributed by atoms with Gasteiger partial charge in [-0.15, -0.1) is 6.58 Å². The van der Waals surface area contributed by atoms with E-state index in [4.69, 9.17) is 0 Å². The highest BCUT2D eigenvalue weighted by Gasteiger charge is 2.50. The Hall–Kier alpha value is -0.260. The molecule has 4 aliphatic carbocycles. The van der Waals surface area contributed by atoms with Crippen LogP contribution in [0.5, 0.6) is 0 Å². The van der Waals surface area contributed by atoms with Crippen molar-refractivity contribution in [3.05, 3.63) is 12.7 Å². The van der Waals surface area contributed by atoms with Crippen LogP contribution in [0.25, 0.3) is 0 Å². The molecule has 0 bridgehead atoms. The van der Waals surface area contributed by atoms with Crippen molar-refractivity contribution in [2.24, 2.45) is 41.4 Å². The molecular weight excluding hydrogens is 288 g/mol. The topological polar surface area (TPSA) is 0 Å². The van der Waals surface area contributed by atoms with E-state index in [0.29, 0.717) is 0 Å². The minimum absolute atomic E-state index is 1.03. The van der Waals surface area contributed by atoms with Gasteiger partial charge in [-0.3, -0.25) is 0 Å². The lowest BCUT2D eigenvalue weighted by atomic mass is 9.73. The monoisotopic (exact) mass is 328 g/mol. The maximum Gasteiger partial charge on any atom is -0.0351 e. The number of allylic oxidation sites excluding steroid dienone is 1. The van der Waals surface area contributed by atoms with Gasteiger partial charge >= 0.3 is 0 Å². The predicted molar refractivity (Wildman–Crippen MR) is 104 cm³/mol. The summed E-state index contributed by atoms with van der Waals surface area (Å²) in [7, 11) is 0. The molecule has 24 heavy (non-hydrogen) atoms. The molecule has 0 amide bonds. The second-order valence-electron chi connectivity index (χ2n) is 9.88. The van der Waals surface area contributed by atoms with Gasteiger partial charge in [0.05, 0.1) is 0 Å². The minimum atomic E-state index is 1.03. The Morgan fingerprint density at radius 1 is 0.625 bits per heavy atom. The Labute approximate surface area is 150 Å². The molecule has 6 atom stereocenters. The second-order valence-corrected chi connectivity index (χ2v) is 9.88. The summed E-state index contributed by atoms with van der Waals surface area (Å²) in [5.41, 5.74) is 0. The van der Waals surface area contributed by atoms with Gasteiger partial charge in [0, 0.05) is 0 Å². The predicted octanol–water partition coefficient (Wildman–Crippen LogP) is 7.39. The van der Waals surface area contributed by atoms with Crippen LogP contribution in [-0.2, 0) is 0 Å². The van der Waals surface area contributed by atoms with E-state index in [2.05, 4.69) is 12.7 Å². The van der Waals surface area contributed by atoms with Gasteiger partial charge in [0.15, 0.2) is 0 Å².